The highest BCUT2D eigenvalue weighted by atomic mass is 35.5. The zero-order valence-electron chi connectivity index (χ0n) is 41.8. The monoisotopic (exact) mass is 978 g/mol. The number of unbranched alkanes of at least 4 members (excludes halogenated alkanes) is 6. The van der Waals surface area contributed by atoms with E-state index in [1.807, 2.05) is 88.7 Å². The molecular weight excluding hydrogens is 908 g/mol. The van der Waals surface area contributed by atoms with Crippen LogP contribution in [0.5, 0.6) is 5.75 Å². The van der Waals surface area contributed by atoms with E-state index < -0.39 is 23.6 Å². The summed E-state index contributed by atoms with van der Waals surface area (Å²) in [7, 11) is 0. The predicted octanol–water partition coefficient (Wildman–Crippen LogP) is 10.3. The van der Waals surface area contributed by atoms with Crippen molar-refractivity contribution in [2.75, 3.05) is 6.54 Å². The molecule has 370 valence electrons. The number of aromatic nitrogens is 1. The molecule has 2 heterocycles. The van der Waals surface area contributed by atoms with Gasteiger partial charge in [-0.25, -0.2) is 4.98 Å². The highest BCUT2D eigenvalue weighted by molar-refractivity contribution is 7.13. The zero-order chi connectivity index (χ0) is 50.3. The topological polar surface area (TPSA) is 174 Å². The summed E-state index contributed by atoms with van der Waals surface area (Å²) in [5.41, 5.74) is 5.66. The molecule has 4 aromatic rings. The Hall–Kier alpha value is -5.29. The Bertz CT molecular complexity index is 2460. The van der Waals surface area contributed by atoms with E-state index in [1.54, 1.807) is 29.5 Å². The van der Waals surface area contributed by atoms with E-state index in [1.165, 1.54) is 10.5 Å². The normalized spacial score (nSPS) is 20.2. The summed E-state index contributed by atoms with van der Waals surface area (Å²) < 4.78 is 6.37. The third-order valence-corrected chi connectivity index (χ3v) is 15.4. The van der Waals surface area contributed by atoms with E-state index in [-0.39, 0.29) is 65.6 Å². The van der Waals surface area contributed by atoms with Crippen LogP contribution in [0.25, 0.3) is 10.4 Å². The Kier molecular flexibility index (Phi) is 17.4. The summed E-state index contributed by atoms with van der Waals surface area (Å²) in [5.74, 6) is -0.411. The van der Waals surface area contributed by atoms with Gasteiger partial charge in [0.15, 0.2) is 0 Å². The Labute approximate surface area is 418 Å². The Morgan fingerprint density at radius 1 is 0.928 bits per heavy atom. The first-order valence-electron chi connectivity index (χ1n) is 24.5. The highest BCUT2D eigenvalue weighted by Crippen LogP contribution is 2.55. The quantitative estimate of drug-likeness (QED) is 0.0633. The Balaban J connectivity index is 0.870. The van der Waals surface area contributed by atoms with Gasteiger partial charge in [0, 0.05) is 47.9 Å². The van der Waals surface area contributed by atoms with Crippen molar-refractivity contribution in [1.82, 2.24) is 25.8 Å². The van der Waals surface area contributed by atoms with Crippen molar-refractivity contribution < 1.29 is 29.0 Å². The lowest BCUT2D eigenvalue weighted by atomic mass is 9.49. The van der Waals surface area contributed by atoms with Crippen LogP contribution in [0.1, 0.15) is 152 Å². The maximum atomic E-state index is 14.1. The second-order valence-corrected chi connectivity index (χ2v) is 22.6. The van der Waals surface area contributed by atoms with Crippen LogP contribution in [0, 0.1) is 34.5 Å². The standard InChI is InChI=1S/C55H71ClN6O6S/c1-34(37-23-25-38(26-24-37)46-35(2)58-33-69-46)59-49(66)44-29-41(63)32-62(44)50(67)47(53(3,4)5)60-45(64)18-16-14-12-10-11-13-15-17-36-19-21-39(22-20-36)48(65)61-51-54(6,7)52(55(51,8)9)68-42-28-27-40(31-57)43(56)30-42/h19-28,30,33-34,41,44,47,51-52,63H,10-18,29,32H2,1-9H3,(H,59,66)(H,60,64)(H,61,65)/t34-,41+,44-,47+,51?,52?/m0/s1. The van der Waals surface area contributed by atoms with Crippen LogP contribution in [0.3, 0.4) is 0 Å². The molecule has 1 saturated carbocycles. The number of amides is 4. The van der Waals surface area contributed by atoms with Gasteiger partial charge in [-0.05, 0) is 79.5 Å². The molecular formula is C55H71ClN6O6S. The molecule has 6 rings (SSSR count). The number of nitriles is 1. The molecule has 12 nitrogen and oxygen atoms in total. The van der Waals surface area contributed by atoms with Gasteiger partial charge in [0.25, 0.3) is 5.91 Å². The fourth-order valence-electron chi connectivity index (χ4n) is 10.4. The summed E-state index contributed by atoms with van der Waals surface area (Å²) in [6, 6.07) is 20.8. The molecule has 0 radical (unpaired) electrons. The number of likely N-dealkylation sites (tertiary alicyclic amines) is 1. The number of ether oxygens (including phenoxy) is 1. The number of hydrogen-bond donors (Lipinski definition) is 4. The van der Waals surface area contributed by atoms with Crippen molar-refractivity contribution in [3.8, 4) is 22.3 Å². The van der Waals surface area contributed by atoms with Crippen LogP contribution in [0.2, 0.25) is 5.02 Å². The first-order chi connectivity index (χ1) is 32.6. The van der Waals surface area contributed by atoms with Crippen LogP contribution in [-0.4, -0.2) is 75.5 Å². The van der Waals surface area contributed by atoms with Crippen molar-refractivity contribution in [1.29, 1.82) is 5.26 Å². The smallest absolute Gasteiger partial charge is 0.251 e. The number of aliphatic hydroxyl groups excluding tert-OH is 1. The molecule has 0 unspecified atom stereocenters. The van der Waals surface area contributed by atoms with Crippen LogP contribution >= 0.6 is 22.9 Å². The molecule has 1 aromatic heterocycles. The largest absolute Gasteiger partial charge is 0.489 e. The van der Waals surface area contributed by atoms with Gasteiger partial charge in [-0.1, -0.05) is 129 Å². The summed E-state index contributed by atoms with van der Waals surface area (Å²) in [6.45, 7) is 18.0. The predicted molar refractivity (Wildman–Crippen MR) is 273 cm³/mol. The van der Waals surface area contributed by atoms with E-state index in [2.05, 4.69) is 54.7 Å². The Morgan fingerprint density at radius 3 is 2.16 bits per heavy atom. The molecule has 2 aliphatic rings. The fraction of sp³-hybridized carbons (Fsp3) is 0.527. The molecule has 1 aliphatic heterocycles. The van der Waals surface area contributed by atoms with E-state index in [0.717, 1.165) is 66.6 Å². The highest BCUT2D eigenvalue weighted by Gasteiger charge is 2.64. The number of hydrogen-bond acceptors (Lipinski definition) is 9. The molecule has 4 amide bonds. The number of carbonyl (C=O) groups is 4. The van der Waals surface area contributed by atoms with Gasteiger partial charge in [0.1, 0.15) is 30.0 Å². The van der Waals surface area contributed by atoms with Gasteiger partial charge < -0.3 is 30.7 Å². The number of aliphatic hydroxyl groups is 1. The molecule has 69 heavy (non-hydrogen) atoms. The van der Waals surface area contributed by atoms with Gasteiger partial charge in [-0.2, -0.15) is 5.26 Å². The molecule has 1 saturated heterocycles. The third-order valence-electron chi connectivity index (χ3n) is 14.1. The van der Waals surface area contributed by atoms with Crippen molar-refractivity contribution in [2.45, 2.75) is 163 Å². The maximum Gasteiger partial charge on any atom is 0.251 e. The zero-order valence-corrected chi connectivity index (χ0v) is 43.4. The average Bonchev–Trinajstić information content (AvgIpc) is 3.93. The van der Waals surface area contributed by atoms with Crippen molar-refractivity contribution >= 4 is 46.6 Å². The number of carbonyl (C=O) groups excluding carboxylic acids is 4. The number of halogens is 1. The van der Waals surface area contributed by atoms with Gasteiger partial charge in [0.05, 0.1) is 38.8 Å². The van der Waals surface area contributed by atoms with Crippen molar-refractivity contribution in [2.24, 2.45) is 16.2 Å². The van der Waals surface area contributed by atoms with E-state index in [9.17, 15) is 29.5 Å². The van der Waals surface area contributed by atoms with Gasteiger partial charge in [-0.15, -0.1) is 11.3 Å². The number of thiazole rings is 1. The summed E-state index contributed by atoms with van der Waals surface area (Å²) in [4.78, 5) is 61.3. The lowest BCUT2D eigenvalue weighted by molar-refractivity contribution is -0.164. The van der Waals surface area contributed by atoms with Gasteiger partial charge in [0.2, 0.25) is 17.7 Å². The van der Waals surface area contributed by atoms with Crippen LogP contribution < -0.4 is 20.7 Å². The molecule has 1 aliphatic carbocycles. The number of benzene rings is 3. The lowest BCUT2D eigenvalue weighted by Crippen LogP contribution is -2.74. The molecule has 14 heteroatoms. The Morgan fingerprint density at radius 2 is 1.57 bits per heavy atom. The van der Waals surface area contributed by atoms with Crippen LogP contribution in [0.15, 0.2) is 72.2 Å². The second kappa shape index (κ2) is 22.6. The number of β-amino-alcohol motifs (C(OH)–C–C–N with tert-alkyl or cyclic N) is 1. The minimum absolute atomic E-state index is 0.0266. The summed E-state index contributed by atoms with van der Waals surface area (Å²) in [6.07, 6.45) is 7.28. The molecule has 3 aromatic carbocycles. The third kappa shape index (κ3) is 12.9. The summed E-state index contributed by atoms with van der Waals surface area (Å²) >= 11 is 7.83. The first kappa shape index (κ1) is 53.1. The number of aryl methyl sites for hydroxylation is 2. The summed E-state index contributed by atoms with van der Waals surface area (Å²) in [5, 5.41) is 29.5. The number of rotatable bonds is 20. The van der Waals surface area contributed by atoms with Crippen LogP contribution in [0.4, 0.5) is 0 Å². The second-order valence-electron chi connectivity index (χ2n) is 21.4. The number of nitrogens with zero attached hydrogens (tertiary/aromatic N) is 3. The maximum absolute atomic E-state index is 14.1. The lowest BCUT2D eigenvalue weighted by Gasteiger charge is -2.63. The molecule has 4 atom stereocenters. The minimum Gasteiger partial charge on any atom is -0.489 e. The first-order valence-corrected chi connectivity index (χ1v) is 25.7. The molecule has 0 bridgehead atoms. The minimum atomic E-state index is -0.858. The van der Waals surface area contributed by atoms with Gasteiger partial charge >= 0.3 is 0 Å². The van der Waals surface area contributed by atoms with Crippen molar-refractivity contribution in [3.63, 3.8) is 0 Å². The van der Waals surface area contributed by atoms with Gasteiger partial charge in [-0.3, -0.25) is 19.2 Å². The molecule has 2 fully saturated rings. The van der Waals surface area contributed by atoms with E-state index >= 15 is 0 Å². The van der Waals surface area contributed by atoms with E-state index in [0.29, 0.717) is 34.7 Å². The fourth-order valence-corrected chi connectivity index (χ4v) is 11.4. The van der Waals surface area contributed by atoms with E-state index in [4.69, 9.17) is 16.3 Å². The van der Waals surface area contributed by atoms with Crippen LogP contribution in [-0.2, 0) is 20.8 Å². The molecule has 0 spiro atoms. The average molecular weight is 980 g/mol. The number of nitrogens with one attached hydrogen (secondary N) is 3. The SMILES string of the molecule is Cc1ncsc1-c1ccc([C@H](C)NC(=O)[C@@H]2C[C@@H](O)CN2C(=O)[C@@H](NC(=O)CCCCCCCCCc2ccc(C(=O)NC3C(C)(C)C(Oc4ccc(C#N)c(Cl)c4)C3(C)C)cc2)C(C)(C)C)cc1. The van der Waals surface area contributed by atoms with Crippen molar-refractivity contribution in [3.05, 3.63) is 105 Å². The molecule has 4 N–H and O–H groups in total.